The van der Waals surface area contributed by atoms with Crippen molar-refractivity contribution < 1.29 is 8.78 Å². The minimum absolute atomic E-state index is 0.0174. The Labute approximate surface area is 78.7 Å². The van der Waals surface area contributed by atoms with Gasteiger partial charge in [-0.1, -0.05) is 0 Å². The Hall–Kier alpha value is -1.24. The molecule has 0 radical (unpaired) electrons. The van der Waals surface area contributed by atoms with Gasteiger partial charge in [-0.25, -0.2) is 8.78 Å². The van der Waals surface area contributed by atoms with Crippen LogP contribution in [-0.4, -0.2) is 14.9 Å². The zero-order valence-corrected chi connectivity index (χ0v) is 7.61. The lowest BCUT2D eigenvalue weighted by Crippen LogP contribution is -2.20. The van der Waals surface area contributed by atoms with Crippen molar-refractivity contribution in [2.24, 2.45) is 12.8 Å². The lowest BCUT2D eigenvalue weighted by Gasteiger charge is -2.01. The molecule has 7 heteroatoms. The summed E-state index contributed by atoms with van der Waals surface area (Å²) in [4.78, 5) is 0. The first kappa shape index (κ1) is 9.85. The molecule has 0 aliphatic rings. The summed E-state index contributed by atoms with van der Waals surface area (Å²) in [6, 6.07) is 1.20. The molecule has 4 nitrogen and oxygen atoms in total. The van der Waals surface area contributed by atoms with E-state index in [2.05, 4.69) is 22.6 Å². The number of halogens is 2. The number of thiocarbonyl (C=S) groups is 1. The van der Waals surface area contributed by atoms with Crippen molar-refractivity contribution in [3.63, 3.8) is 0 Å². The number of hydrogen-bond acceptors (Lipinski definition) is 2. The van der Waals surface area contributed by atoms with Gasteiger partial charge in [0, 0.05) is 13.1 Å². The molecule has 0 aliphatic heterocycles. The maximum absolute atomic E-state index is 12.1. The van der Waals surface area contributed by atoms with Crippen LogP contribution in [0.25, 0.3) is 0 Å². The summed E-state index contributed by atoms with van der Waals surface area (Å²) in [7, 11) is 1.52. The Morgan fingerprint density at radius 3 is 2.77 bits per heavy atom. The summed E-state index contributed by atoms with van der Waals surface area (Å²) in [6.45, 7) is 0. The van der Waals surface area contributed by atoms with Gasteiger partial charge in [-0.2, -0.15) is 5.10 Å². The molecule has 1 aromatic heterocycles. The average molecular weight is 206 g/mol. The quantitative estimate of drug-likeness (QED) is 0.709. The van der Waals surface area contributed by atoms with E-state index >= 15 is 0 Å². The van der Waals surface area contributed by atoms with Crippen LogP contribution in [0.1, 0.15) is 12.1 Å². The van der Waals surface area contributed by atoms with Crippen molar-refractivity contribution in [2.45, 2.75) is 6.43 Å². The highest BCUT2D eigenvalue weighted by atomic mass is 32.1. The van der Waals surface area contributed by atoms with Gasteiger partial charge >= 0.3 is 0 Å². The van der Waals surface area contributed by atoms with Gasteiger partial charge in [-0.05, 0) is 12.2 Å². The topological polar surface area (TPSA) is 55.9 Å². The second kappa shape index (κ2) is 3.65. The monoisotopic (exact) mass is 206 g/mol. The molecule has 0 fully saturated rings. The summed E-state index contributed by atoms with van der Waals surface area (Å²) in [5.41, 5.74) is 4.87. The van der Waals surface area contributed by atoms with Gasteiger partial charge in [0.2, 0.25) is 0 Å². The van der Waals surface area contributed by atoms with Gasteiger partial charge in [-0.15, -0.1) is 0 Å². The molecule has 0 saturated heterocycles. The summed E-state index contributed by atoms with van der Waals surface area (Å²) >= 11 is 4.55. The van der Waals surface area contributed by atoms with Crippen LogP contribution < -0.4 is 11.1 Å². The molecule has 1 rings (SSSR count). The average Bonchev–Trinajstić information content (AvgIpc) is 2.31. The van der Waals surface area contributed by atoms with E-state index in [4.69, 9.17) is 5.73 Å². The minimum atomic E-state index is -2.59. The molecule has 1 aromatic rings. The molecule has 0 unspecified atom stereocenters. The van der Waals surface area contributed by atoms with Gasteiger partial charge in [0.05, 0.1) is 0 Å². The van der Waals surface area contributed by atoms with Crippen LogP contribution in [0.2, 0.25) is 0 Å². The number of alkyl halides is 2. The fraction of sp³-hybridized carbons (Fsp3) is 0.333. The molecule has 13 heavy (non-hydrogen) atoms. The second-order valence-electron chi connectivity index (χ2n) is 2.37. The first-order valence-electron chi connectivity index (χ1n) is 3.39. The Morgan fingerprint density at radius 2 is 2.38 bits per heavy atom. The van der Waals surface area contributed by atoms with Crippen molar-refractivity contribution >= 4 is 23.1 Å². The highest BCUT2D eigenvalue weighted by molar-refractivity contribution is 7.80. The van der Waals surface area contributed by atoms with E-state index in [1.54, 1.807) is 0 Å². The molecule has 0 aliphatic carbocycles. The summed E-state index contributed by atoms with van der Waals surface area (Å²) < 4.78 is 25.5. The number of nitrogens with one attached hydrogen (secondary N) is 1. The maximum Gasteiger partial charge on any atom is 0.282 e. The summed E-state index contributed by atoms with van der Waals surface area (Å²) in [5, 5.41) is 6.09. The van der Waals surface area contributed by atoms with E-state index in [-0.39, 0.29) is 10.8 Å². The Kier molecular flexibility index (Phi) is 2.76. The number of nitrogens with zero attached hydrogens (tertiary/aromatic N) is 2. The fourth-order valence-corrected chi connectivity index (χ4v) is 0.944. The number of hydrogen-bond donors (Lipinski definition) is 2. The maximum atomic E-state index is 12.1. The molecule has 0 aromatic carbocycles. The molecule has 0 atom stereocenters. The van der Waals surface area contributed by atoms with Crippen LogP contribution in [-0.2, 0) is 7.05 Å². The summed E-state index contributed by atoms with van der Waals surface area (Å²) in [5.74, 6) is 0.350. The molecule has 72 valence electrons. The van der Waals surface area contributed by atoms with E-state index in [0.717, 1.165) is 0 Å². The molecule has 1 heterocycles. The van der Waals surface area contributed by atoms with E-state index in [0.29, 0.717) is 5.82 Å². The standard InChI is InChI=1S/C6H8F2N4S/c1-12-4(10-6(9)13)2-3(11-12)5(7)8/h2,5H,1H3,(H3,9,10,13). The number of aromatic nitrogens is 2. The van der Waals surface area contributed by atoms with Crippen molar-refractivity contribution in [3.8, 4) is 0 Å². The number of nitrogens with two attached hydrogens (primary N) is 1. The molecule has 0 bridgehead atoms. The molecular weight excluding hydrogens is 198 g/mol. The molecule has 0 amide bonds. The first-order chi connectivity index (χ1) is 6.00. The Bertz CT molecular complexity index is 322. The van der Waals surface area contributed by atoms with Gasteiger partial charge in [0.15, 0.2) is 5.11 Å². The van der Waals surface area contributed by atoms with Crippen molar-refractivity contribution in [1.29, 1.82) is 0 Å². The third-order valence-electron chi connectivity index (χ3n) is 1.37. The van der Waals surface area contributed by atoms with Crippen molar-refractivity contribution in [3.05, 3.63) is 11.8 Å². The lowest BCUT2D eigenvalue weighted by molar-refractivity contribution is 0.145. The highest BCUT2D eigenvalue weighted by Crippen LogP contribution is 2.19. The third kappa shape index (κ3) is 2.35. The number of anilines is 1. The normalized spacial score (nSPS) is 10.5. The Morgan fingerprint density at radius 1 is 1.77 bits per heavy atom. The Balaban J connectivity index is 2.89. The van der Waals surface area contributed by atoms with Crippen LogP contribution in [0.15, 0.2) is 6.07 Å². The van der Waals surface area contributed by atoms with E-state index in [1.165, 1.54) is 17.8 Å². The van der Waals surface area contributed by atoms with Gasteiger partial charge in [0.1, 0.15) is 11.5 Å². The third-order valence-corrected chi connectivity index (χ3v) is 1.48. The van der Waals surface area contributed by atoms with Gasteiger partial charge < -0.3 is 11.1 Å². The fourth-order valence-electron chi connectivity index (χ4n) is 0.839. The SMILES string of the molecule is Cn1nc(C(F)F)cc1NC(N)=S. The van der Waals surface area contributed by atoms with Gasteiger partial charge in [-0.3, -0.25) is 4.68 Å². The van der Waals surface area contributed by atoms with Crippen LogP contribution >= 0.6 is 12.2 Å². The predicted octanol–water partition coefficient (Wildman–Crippen LogP) is 1.01. The van der Waals surface area contributed by atoms with Crippen LogP contribution in [0.4, 0.5) is 14.6 Å². The first-order valence-corrected chi connectivity index (χ1v) is 3.80. The minimum Gasteiger partial charge on any atom is -0.376 e. The van der Waals surface area contributed by atoms with Crippen molar-refractivity contribution in [1.82, 2.24) is 9.78 Å². The second-order valence-corrected chi connectivity index (χ2v) is 2.81. The molecule has 0 saturated carbocycles. The van der Waals surface area contributed by atoms with E-state index in [9.17, 15) is 8.78 Å². The largest absolute Gasteiger partial charge is 0.376 e. The number of aryl methyl sites for hydroxylation is 1. The summed E-state index contributed by atoms with van der Waals surface area (Å²) in [6.07, 6.45) is -2.59. The van der Waals surface area contributed by atoms with Crippen molar-refractivity contribution in [2.75, 3.05) is 5.32 Å². The van der Waals surface area contributed by atoms with E-state index < -0.39 is 6.43 Å². The predicted molar refractivity (Wildman–Crippen MR) is 48.6 cm³/mol. The smallest absolute Gasteiger partial charge is 0.282 e. The zero-order valence-electron chi connectivity index (χ0n) is 6.79. The molecule has 0 spiro atoms. The number of rotatable bonds is 2. The van der Waals surface area contributed by atoms with Gasteiger partial charge in [0.25, 0.3) is 6.43 Å². The van der Waals surface area contributed by atoms with Crippen LogP contribution in [0.3, 0.4) is 0 Å². The molecule has 3 N–H and O–H groups in total. The highest BCUT2D eigenvalue weighted by Gasteiger charge is 2.13. The molecular formula is C6H8F2N4S. The zero-order chi connectivity index (χ0) is 10.0. The van der Waals surface area contributed by atoms with E-state index in [1.807, 2.05) is 0 Å². The van der Waals surface area contributed by atoms with Crippen LogP contribution in [0.5, 0.6) is 0 Å². The lowest BCUT2D eigenvalue weighted by atomic mass is 10.4. The van der Waals surface area contributed by atoms with Crippen LogP contribution in [0, 0.1) is 0 Å².